The first-order chi connectivity index (χ1) is 12.7. The van der Waals surface area contributed by atoms with Crippen molar-refractivity contribution in [3.63, 3.8) is 0 Å². The van der Waals surface area contributed by atoms with E-state index in [1.165, 1.54) is 0 Å². The van der Waals surface area contributed by atoms with Crippen molar-refractivity contribution in [1.82, 2.24) is 25.1 Å². The van der Waals surface area contributed by atoms with Gasteiger partial charge in [-0.15, -0.1) is 0 Å². The van der Waals surface area contributed by atoms with Gasteiger partial charge in [-0.25, -0.2) is 9.97 Å². The number of nitrogens with zero attached hydrogens (tertiary/aromatic N) is 6. The summed E-state index contributed by atoms with van der Waals surface area (Å²) >= 11 is 0. The van der Waals surface area contributed by atoms with Crippen LogP contribution in [0.1, 0.15) is 41.9 Å². The number of rotatable bonds is 2. The number of amides is 1. The van der Waals surface area contributed by atoms with Gasteiger partial charge < -0.3 is 9.80 Å². The normalized spacial score (nSPS) is 23.0. The molecule has 26 heavy (non-hydrogen) atoms. The van der Waals surface area contributed by atoms with Gasteiger partial charge in [-0.05, 0) is 25.3 Å². The van der Waals surface area contributed by atoms with Crippen molar-refractivity contribution in [3.8, 4) is 6.07 Å². The summed E-state index contributed by atoms with van der Waals surface area (Å²) in [5.74, 6) is 0.669. The molecule has 2 saturated heterocycles. The Labute approximate surface area is 151 Å². The van der Waals surface area contributed by atoms with Crippen molar-refractivity contribution in [2.45, 2.75) is 25.7 Å². The maximum Gasteiger partial charge on any atom is 0.271 e. The molecule has 2 aromatic heterocycles. The maximum atomic E-state index is 12.8. The summed E-state index contributed by atoms with van der Waals surface area (Å²) in [6, 6.07) is 3.85. The van der Waals surface area contributed by atoms with Crippen LogP contribution in [0.4, 0.5) is 5.82 Å². The Hall–Kier alpha value is -2.95. The lowest BCUT2D eigenvalue weighted by Crippen LogP contribution is -2.42. The van der Waals surface area contributed by atoms with Crippen LogP contribution in [0, 0.1) is 16.7 Å². The van der Waals surface area contributed by atoms with Gasteiger partial charge in [-0.2, -0.15) is 10.4 Å². The quantitative estimate of drug-likeness (QED) is 0.882. The number of carbonyl (C=O) groups excluding carboxylic acids is 1. The van der Waals surface area contributed by atoms with E-state index in [0.29, 0.717) is 17.2 Å². The van der Waals surface area contributed by atoms with Crippen molar-refractivity contribution in [2.75, 3.05) is 31.1 Å². The van der Waals surface area contributed by atoms with E-state index in [1.54, 1.807) is 24.7 Å². The second-order valence-corrected chi connectivity index (χ2v) is 7.17. The molecule has 4 heterocycles. The fourth-order valence-electron chi connectivity index (χ4n) is 4.17. The molecule has 2 fully saturated rings. The predicted molar refractivity (Wildman–Crippen MR) is 94.4 cm³/mol. The number of anilines is 1. The summed E-state index contributed by atoms with van der Waals surface area (Å²) in [6.07, 6.45) is 8.96. The van der Waals surface area contributed by atoms with E-state index in [1.807, 2.05) is 4.90 Å². The minimum Gasteiger partial charge on any atom is -0.354 e. The molecule has 1 amide bonds. The van der Waals surface area contributed by atoms with Gasteiger partial charge in [0.1, 0.15) is 11.8 Å². The van der Waals surface area contributed by atoms with Crippen LogP contribution >= 0.6 is 0 Å². The van der Waals surface area contributed by atoms with E-state index in [2.05, 4.69) is 31.1 Å². The van der Waals surface area contributed by atoms with Crippen molar-refractivity contribution < 1.29 is 4.79 Å². The molecule has 0 saturated carbocycles. The molecule has 2 aliphatic heterocycles. The van der Waals surface area contributed by atoms with Gasteiger partial charge in [-0.1, -0.05) is 6.42 Å². The van der Waals surface area contributed by atoms with Crippen LogP contribution < -0.4 is 4.90 Å². The van der Waals surface area contributed by atoms with Crippen LogP contribution in [0.2, 0.25) is 0 Å². The molecule has 2 aliphatic rings. The Morgan fingerprint density at radius 3 is 2.85 bits per heavy atom. The summed E-state index contributed by atoms with van der Waals surface area (Å²) < 4.78 is 0. The molecule has 1 spiro atoms. The van der Waals surface area contributed by atoms with E-state index < -0.39 is 0 Å². The van der Waals surface area contributed by atoms with E-state index in [-0.39, 0.29) is 11.3 Å². The minimum atomic E-state index is 0.0134. The van der Waals surface area contributed by atoms with E-state index in [9.17, 15) is 10.1 Å². The highest BCUT2D eigenvalue weighted by molar-refractivity contribution is 5.92. The van der Waals surface area contributed by atoms with Gasteiger partial charge in [0.05, 0.1) is 0 Å². The molecule has 2 aromatic rings. The maximum absolute atomic E-state index is 12.8. The summed E-state index contributed by atoms with van der Waals surface area (Å²) in [6.45, 7) is 3.13. The molecule has 1 atom stereocenters. The summed E-state index contributed by atoms with van der Waals surface area (Å²) in [4.78, 5) is 25.4. The zero-order chi connectivity index (χ0) is 18.0. The molecule has 8 heteroatoms. The average Bonchev–Trinajstić information content (AvgIpc) is 3.29. The molecule has 1 N–H and O–H groups in total. The largest absolute Gasteiger partial charge is 0.354 e. The highest BCUT2D eigenvalue weighted by Gasteiger charge is 2.42. The van der Waals surface area contributed by atoms with Gasteiger partial charge in [0, 0.05) is 50.2 Å². The second-order valence-electron chi connectivity index (χ2n) is 7.17. The van der Waals surface area contributed by atoms with Gasteiger partial charge >= 0.3 is 0 Å². The number of carbonyl (C=O) groups is 1. The number of hydrogen-bond acceptors (Lipinski definition) is 6. The summed E-state index contributed by atoms with van der Waals surface area (Å²) in [7, 11) is 0. The molecular formula is C18H21N7O. The first kappa shape index (κ1) is 16.5. The van der Waals surface area contributed by atoms with Crippen molar-refractivity contribution in [2.24, 2.45) is 5.41 Å². The number of aromatic amines is 1. The number of likely N-dealkylation sites (tertiary alicyclic amines) is 1. The zero-order valence-electron chi connectivity index (χ0n) is 14.6. The molecule has 8 nitrogen and oxygen atoms in total. The molecule has 134 valence electrons. The van der Waals surface area contributed by atoms with Crippen molar-refractivity contribution in [1.29, 1.82) is 5.26 Å². The zero-order valence-corrected chi connectivity index (χ0v) is 14.6. The van der Waals surface area contributed by atoms with Crippen LogP contribution in [0.5, 0.6) is 0 Å². The van der Waals surface area contributed by atoms with Crippen LogP contribution in [0.3, 0.4) is 0 Å². The topological polar surface area (TPSA) is 102 Å². The first-order valence-corrected chi connectivity index (χ1v) is 8.95. The molecule has 0 radical (unpaired) electrons. The molecular weight excluding hydrogens is 330 g/mol. The Balaban J connectivity index is 1.54. The number of hydrogen-bond donors (Lipinski definition) is 1. The smallest absolute Gasteiger partial charge is 0.271 e. The third-order valence-corrected chi connectivity index (χ3v) is 5.45. The molecule has 0 aliphatic carbocycles. The third kappa shape index (κ3) is 3.01. The number of nitriles is 1. The Kier molecular flexibility index (Phi) is 4.29. The average molecular weight is 351 g/mol. The Bertz CT molecular complexity index is 828. The Morgan fingerprint density at radius 2 is 2.04 bits per heavy atom. The van der Waals surface area contributed by atoms with Crippen molar-refractivity contribution >= 4 is 11.7 Å². The SMILES string of the molecule is N#Cc1nccnc1N1CCC2(CCCCN(C(=O)c3ccn[nH]3)C2)C1. The highest BCUT2D eigenvalue weighted by atomic mass is 16.2. The molecule has 0 bridgehead atoms. The lowest BCUT2D eigenvalue weighted by molar-refractivity contribution is 0.0690. The fraction of sp³-hybridized carbons (Fsp3) is 0.500. The van der Waals surface area contributed by atoms with Crippen molar-refractivity contribution in [3.05, 3.63) is 36.0 Å². The molecule has 0 aromatic carbocycles. The Morgan fingerprint density at radius 1 is 1.15 bits per heavy atom. The first-order valence-electron chi connectivity index (χ1n) is 8.95. The van der Waals surface area contributed by atoms with E-state index in [0.717, 1.165) is 51.9 Å². The molecule has 1 unspecified atom stereocenters. The monoisotopic (exact) mass is 351 g/mol. The highest BCUT2D eigenvalue weighted by Crippen LogP contribution is 2.40. The number of H-pyrrole nitrogens is 1. The predicted octanol–water partition coefficient (Wildman–Crippen LogP) is 1.59. The molecule has 4 rings (SSSR count). The van der Waals surface area contributed by atoms with Gasteiger partial charge in [0.2, 0.25) is 0 Å². The van der Waals surface area contributed by atoms with Gasteiger partial charge in [-0.3, -0.25) is 9.89 Å². The third-order valence-electron chi connectivity index (χ3n) is 5.45. The fourth-order valence-corrected chi connectivity index (χ4v) is 4.17. The lowest BCUT2D eigenvalue weighted by atomic mass is 9.82. The van der Waals surface area contributed by atoms with Gasteiger partial charge in [0.25, 0.3) is 5.91 Å². The summed E-state index contributed by atoms with van der Waals surface area (Å²) in [5.41, 5.74) is 0.942. The van der Waals surface area contributed by atoms with E-state index >= 15 is 0 Å². The second kappa shape index (κ2) is 6.75. The van der Waals surface area contributed by atoms with Crippen LogP contribution in [-0.2, 0) is 0 Å². The number of aromatic nitrogens is 4. The summed E-state index contributed by atoms with van der Waals surface area (Å²) in [5, 5.41) is 16.0. The minimum absolute atomic E-state index is 0.0134. The van der Waals surface area contributed by atoms with Gasteiger partial charge in [0.15, 0.2) is 11.5 Å². The standard InChI is InChI=1S/C18H21N7O/c19-11-15-16(21-8-7-20-15)24-10-5-18(12-24)4-1-2-9-25(13-18)17(26)14-3-6-22-23-14/h3,6-8H,1-2,4-5,9-10,12-13H2,(H,22,23). The van der Waals surface area contributed by atoms with Crippen LogP contribution in [0.15, 0.2) is 24.7 Å². The van der Waals surface area contributed by atoms with Crippen LogP contribution in [0.25, 0.3) is 0 Å². The van der Waals surface area contributed by atoms with Crippen LogP contribution in [-0.4, -0.2) is 57.2 Å². The lowest BCUT2D eigenvalue weighted by Gasteiger charge is -2.32. The number of nitrogens with one attached hydrogen (secondary N) is 1. The van der Waals surface area contributed by atoms with E-state index in [4.69, 9.17) is 0 Å².